The van der Waals surface area contributed by atoms with E-state index in [0.29, 0.717) is 17.8 Å². The van der Waals surface area contributed by atoms with Crippen LogP contribution in [0.15, 0.2) is 24.4 Å². The number of aromatic amines is 1. The van der Waals surface area contributed by atoms with Gasteiger partial charge in [-0.3, -0.25) is 4.90 Å². The number of nitrogens with one attached hydrogen (secondary N) is 1. The molecule has 1 aromatic heterocycles. The lowest BCUT2D eigenvalue weighted by Gasteiger charge is -2.39. The molecule has 2 saturated heterocycles. The molecule has 4 heteroatoms. The number of hydrogen-bond acceptors (Lipinski definition) is 2. The first kappa shape index (κ1) is 14.1. The van der Waals surface area contributed by atoms with Crippen LogP contribution in [-0.4, -0.2) is 40.8 Å². The van der Waals surface area contributed by atoms with Crippen LogP contribution in [0.1, 0.15) is 43.6 Å². The van der Waals surface area contributed by atoms with Gasteiger partial charge in [0.05, 0.1) is 6.17 Å². The van der Waals surface area contributed by atoms with Crippen molar-refractivity contribution in [2.24, 2.45) is 0 Å². The number of aromatic nitrogens is 1. The summed E-state index contributed by atoms with van der Waals surface area (Å²) >= 11 is 0. The Hall–Kier alpha value is -1.52. The van der Waals surface area contributed by atoms with Crippen LogP contribution in [0.2, 0.25) is 0 Å². The van der Waals surface area contributed by atoms with Gasteiger partial charge in [-0.15, -0.1) is 0 Å². The van der Waals surface area contributed by atoms with Gasteiger partial charge in [0, 0.05) is 23.6 Å². The molecule has 1 radical (unpaired) electrons. The van der Waals surface area contributed by atoms with Gasteiger partial charge in [-0.25, -0.2) is 5.32 Å². The van der Waals surface area contributed by atoms with Crippen LogP contribution < -0.4 is 5.32 Å². The van der Waals surface area contributed by atoms with Gasteiger partial charge in [-0.05, 0) is 68.5 Å². The number of hydrogen-bond donors (Lipinski definition) is 2. The van der Waals surface area contributed by atoms with Crippen LogP contribution in [0, 0.1) is 0 Å². The van der Waals surface area contributed by atoms with Crippen molar-refractivity contribution in [1.82, 2.24) is 15.2 Å². The molecule has 117 valence electrons. The molecule has 2 fully saturated rings. The zero-order valence-corrected chi connectivity index (χ0v) is 13.0. The minimum Gasteiger partial charge on any atom is -0.508 e. The number of fused-ring (bicyclic) bond motifs is 1. The highest BCUT2D eigenvalue weighted by Crippen LogP contribution is 2.35. The minimum atomic E-state index is 0.349. The summed E-state index contributed by atoms with van der Waals surface area (Å²) in [4.78, 5) is 5.92. The number of H-pyrrole nitrogens is 1. The van der Waals surface area contributed by atoms with Gasteiger partial charge in [0.15, 0.2) is 0 Å². The number of benzene rings is 1. The van der Waals surface area contributed by atoms with Crippen molar-refractivity contribution in [2.45, 2.75) is 44.2 Å². The fourth-order valence-corrected chi connectivity index (χ4v) is 4.06. The van der Waals surface area contributed by atoms with E-state index in [2.05, 4.69) is 16.1 Å². The molecule has 22 heavy (non-hydrogen) atoms. The first-order valence-electron chi connectivity index (χ1n) is 8.52. The van der Waals surface area contributed by atoms with Gasteiger partial charge in [-0.2, -0.15) is 0 Å². The van der Waals surface area contributed by atoms with E-state index in [9.17, 15) is 5.11 Å². The second-order valence-corrected chi connectivity index (χ2v) is 6.68. The zero-order valence-electron chi connectivity index (χ0n) is 13.0. The van der Waals surface area contributed by atoms with Crippen molar-refractivity contribution < 1.29 is 5.11 Å². The maximum absolute atomic E-state index is 9.79. The molecule has 2 aromatic rings. The fourth-order valence-electron chi connectivity index (χ4n) is 4.06. The summed E-state index contributed by atoms with van der Waals surface area (Å²) in [6.45, 7) is 3.36. The molecule has 2 aliphatic heterocycles. The highest BCUT2D eigenvalue weighted by molar-refractivity contribution is 5.85. The number of nitrogens with zero attached hydrogens (tertiary/aromatic N) is 2. The maximum atomic E-state index is 9.79. The van der Waals surface area contributed by atoms with Crippen LogP contribution in [0.5, 0.6) is 5.75 Å². The van der Waals surface area contributed by atoms with E-state index in [4.69, 9.17) is 5.32 Å². The van der Waals surface area contributed by atoms with E-state index >= 15 is 0 Å². The predicted molar refractivity (Wildman–Crippen MR) is 88.2 cm³/mol. The van der Waals surface area contributed by atoms with Crippen molar-refractivity contribution in [3.05, 3.63) is 30.0 Å². The largest absolute Gasteiger partial charge is 0.508 e. The van der Waals surface area contributed by atoms with Crippen molar-refractivity contribution in [3.63, 3.8) is 0 Å². The Labute approximate surface area is 131 Å². The van der Waals surface area contributed by atoms with E-state index in [-0.39, 0.29) is 0 Å². The average molecular weight is 298 g/mol. The average Bonchev–Trinajstić information content (AvgIpc) is 2.99. The first-order valence-corrected chi connectivity index (χ1v) is 8.52. The molecule has 3 heterocycles. The van der Waals surface area contributed by atoms with Crippen molar-refractivity contribution >= 4 is 10.9 Å². The number of phenolic OH excluding ortho intramolecular Hbond substituents is 1. The topological polar surface area (TPSA) is 53.4 Å². The summed E-state index contributed by atoms with van der Waals surface area (Å²) in [6.07, 6.45) is 8.76. The molecule has 0 amide bonds. The Kier molecular flexibility index (Phi) is 3.80. The Balaban J connectivity index is 1.57. The minimum absolute atomic E-state index is 0.349. The number of phenols is 1. The van der Waals surface area contributed by atoms with E-state index in [1.165, 1.54) is 43.3 Å². The standard InChI is InChI=1S/C18H24N3O/c22-14-4-5-17-15(11-14)16(12-20-17)13-6-7-19-18(10-13)21-8-2-1-3-9-21/h4-5,11-13,18,20,22H,1-3,6-10H2. The van der Waals surface area contributed by atoms with Gasteiger partial charge in [0.2, 0.25) is 0 Å². The summed E-state index contributed by atoms with van der Waals surface area (Å²) in [5, 5.41) is 15.8. The second-order valence-electron chi connectivity index (χ2n) is 6.68. The lowest BCUT2D eigenvalue weighted by molar-refractivity contribution is 0.104. The van der Waals surface area contributed by atoms with Gasteiger partial charge in [-0.1, -0.05) is 6.42 Å². The second kappa shape index (κ2) is 5.94. The molecular weight excluding hydrogens is 274 g/mol. The molecule has 0 bridgehead atoms. The molecular formula is C18H24N3O. The maximum Gasteiger partial charge on any atom is 0.116 e. The molecule has 2 atom stereocenters. The summed E-state index contributed by atoms with van der Waals surface area (Å²) < 4.78 is 0. The number of likely N-dealkylation sites (tertiary alicyclic amines) is 1. The van der Waals surface area contributed by atoms with Gasteiger partial charge >= 0.3 is 0 Å². The Morgan fingerprint density at radius 2 is 2.05 bits per heavy atom. The third kappa shape index (κ3) is 2.61. The third-order valence-electron chi connectivity index (χ3n) is 5.26. The van der Waals surface area contributed by atoms with Gasteiger partial charge < -0.3 is 10.1 Å². The van der Waals surface area contributed by atoms with E-state index in [1.807, 2.05) is 12.1 Å². The molecule has 2 N–H and O–H groups in total. The Morgan fingerprint density at radius 1 is 1.18 bits per heavy atom. The molecule has 1 aromatic carbocycles. The number of piperidine rings is 2. The molecule has 0 saturated carbocycles. The lowest BCUT2D eigenvalue weighted by Crippen LogP contribution is -2.48. The SMILES string of the molecule is Oc1ccc2[nH]cc(C3CC[N]C(N4CCCCC4)C3)c2c1. The van der Waals surface area contributed by atoms with E-state index in [1.54, 1.807) is 6.07 Å². The van der Waals surface area contributed by atoms with Crippen LogP contribution in [0.25, 0.3) is 10.9 Å². The van der Waals surface area contributed by atoms with Gasteiger partial charge in [0.1, 0.15) is 5.75 Å². The fraction of sp³-hybridized carbons (Fsp3) is 0.556. The molecule has 0 aliphatic carbocycles. The summed E-state index contributed by atoms with van der Waals surface area (Å²) in [7, 11) is 0. The van der Waals surface area contributed by atoms with Crippen LogP contribution in [0.3, 0.4) is 0 Å². The lowest BCUT2D eigenvalue weighted by atomic mass is 9.87. The quantitative estimate of drug-likeness (QED) is 0.894. The first-order chi connectivity index (χ1) is 10.8. The highest BCUT2D eigenvalue weighted by atomic mass is 16.3. The summed E-state index contributed by atoms with van der Waals surface area (Å²) in [5.41, 5.74) is 2.47. The molecule has 0 spiro atoms. The van der Waals surface area contributed by atoms with Gasteiger partial charge in [0.25, 0.3) is 0 Å². The predicted octanol–water partition coefficient (Wildman–Crippen LogP) is 3.17. The third-order valence-corrected chi connectivity index (χ3v) is 5.26. The Bertz CT molecular complexity index is 645. The summed E-state index contributed by atoms with van der Waals surface area (Å²) in [6, 6.07) is 5.60. The van der Waals surface area contributed by atoms with Crippen LogP contribution >= 0.6 is 0 Å². The smallest absolute Gasteiger partial charge is 0.116 e. The summed E-state index contributed by atoms with van der Waals surface area (Å²) in [5.74, 6) is 0.890. The van der Waals surface area contributed by atoms with Crippen molar-refractivity contribution in [2.75, 3.05) is 19.6 Å². The zero-order chi connectivity index (χ0) is 14.9. The monoisotopic (exact) mass is 298 g/mol. The van der Waals surface area contributed by atoms with Crippen LogP contribution in [0.4, 0.5) is 0 Å². The van der Waals surface area contributed by atoms with Crippen molar-refractivity contribution in [1.29, 1.82) is 0 Å². The van der Waals surface area contributed by atoms with Crippen LogP contribution in [-0.2, 0) is 0 Å². The Morgan fingerprint density at radius 3 is 2.91 bits per heavy atom. The van der Waals surface area contributed by atoms with E-state index in [0.717, 1.165) is 24.9 Å². The van der Waals surface area contributed by atoms with Crippen molar-refractivity contribution in [3.8, 4) is 5.75 Å². The highest BCUT2D eigenvalue weighted by Gasteiger charge is 2.30. The number of rotatable bonds is 2. The molecule has 2 unspecified atom stereocenters. The molecule has 2 aliphatic rings. The number of aromatic hydroxyl groups is 1. The normalized spacial score (nSPS) is 27.3. The van der Waals surface area contributed by atoms with E-state index < -0.39 is 0 Å². The molecule has 4 rings (SSSR count). The molecule has 4 nitrogen and oxygen atoms in total.